The molecule has 1 aromatic heterocycles. The van der Waals surface area contributed by atoms with E-state index < -0.39 is 17.6 Å². The highest BCUT2D eigenvalue weighted by Crippen LogP contribution is 2.33. The maximum Gasteiger partial charge on any atom is 0.254 e. The van der Waals surface area contributed by atoms with Crippen molar-refractivity contribution in [1.82, 2.24) is 10.3 Å². The first-order valence-corrected chi connectivity index (χ1v) is 9.89. The molecule has 3 aromatic rings. The van der Waals surface area contributed by atoms with Gasteiger partial charge in [-0.05, 0) is 61.5 Å². The number of primary amides is 1. The van der Waals surface area contributed by atoms with Crippen LogP contribution in [0.5, 0.6) is 23.1 Å². The van der Waals surface area contributed by atoms with E-state index in [-0.39, 0.29) is 30.1 Å². The molecule has 1 aliphatic heterocycles. The lowest BCUT2D eigenvalue weighted by molar-refractivity contribution is -0.101. The molecule has 2 heterocycles. The molecule has 1 amide bonds. The van der Waals surface area contributed by atoms with Gasteiger partial charge in [-0.2, -0.15) is 0 Å². The fourth-order valence-electron chi connectivity index (χ4n) is 3.41. The van der Waals surface area contributed by atoms with E-state index in [1.165, 1.54) is 12.1 Å². The monoisotopic (exact) mass is 421 g/mol. The zero-order valence-electron chi connectivity index (χ0n) is 16.7. The summed E-state index contributed by atoms with van der Waals surface area (Å²) in [6.45, 7) is 0.751. The van der Waals surface area contributed by atoms with Crippen molar-refractivity contribution >= 4 is 5.91 Å². The first-order chi connectivity index (χ1) is 15.0. The van der Waals surface area contributed by atoms with E-state index >= 15 is 0 Å². The van der Waals surface area contributed by atoms with Gasteiger partial charge in [0.25, 0.3) is 5.91 Å². The highest BCUT2D eigenvalue weighted by molar-refractivity contribution is 5.95. The Balaban J connectivity index is 1.58. The van der Waals surface area contributed by atoms with Crippen LogP contribution >= 0.6 is 0 Å². The van der Waals surface area contributed by atoms with Gasteiger partial charge in [0.1, 0.15) is 34.5 Å². The van der Waals surface area contributed by atoms with Crippen molar-refractivity contribution in [3.8, 4) is 23.1 Å². The van der Waals surface area contributed by atoms with Gasteiger partial charge in [0.2, 0.25) is 5.88 Å². The smallest absolute Gasteiger partial charge is 0.254 e. The second kappa shape index (κ2) is 8.73. The second-order valence-corrected chi connectivity index (χ2v) is 7.30. The molecule has 1 aliphatic rings. The molecule has 0 spiro atoms. The summed E-state index contributed by atoms with van der Waals surface area (Å²) in [7, 11) is 0. The number of carbonyl (C=O) groups excluding carboxylic acids is 1. The van der Waals surface area contributed by atoms with Crippen LogP contribution in [0.2, 0.25) is 0 Å². The molecule has 4 rings (SSSR count). The molecule has 5 N–H and O–H groups in total. The van der Waals surface area contributed by atoms with Crippen LogP contribution in [0.25, 0.3) is 0 Å². The largest absolute Gasteiger partial charge is 0.457 e. The zero-order chi connectivity index (χ0) is 21.8. The van der Waals surface area contributed by atoms with Crippen LogP contribution in [-0.4, -0.2) is 40.3 Å². The summed E-state index contributed by atoms with van der Waals surface area (Å²) in [6, 6.07) is 19.1. The van der Waals surface area contributed by atoms with Crippen LogP contribution in [0.1, 0.15) is 22.5 Å². The number of hydrogen-bond donors (Lipinski definition) is 4. The number of pyridine rings is 1. The predicted molar refractivity (Wildman–Crippen MR) is 113 cm³/mol. The molecule has 2 atom stereocenters. The zero-order valence-corrected chi connectivity index (χ0v) is 16.7. The number of ether oxygens (including phenoxy) is 2. The van der Waals surface area contributed by atoms with Gasteiger partial charge in [-0.15, -0.1) is 0 Å². The van der Waals surface area contributed by atoms with Crippen LogP contribution < -0.4 is 20.5 Å². The van der Waals surface area contributed by atoms with E-state index in [0.29, 0.717) is 23.8 Å². The number of piperidine rings is 1. The Bertz CT molecular complexity index is 1060. The number of benzene rings is 2. The van der Waals surface area contributed by atoms with Crippen LogP contribution in [0.4, 0.5) is 0 Å². The van der Waals surface area contributed by atoms with Crippen molar-refractivity contribution in [2.24, 2.45) is 5.73 Å². The van der Waals surface area contributed by atoms with Crippen LogP contribution in [0.15, 0.2) is 66.7 Å². The Morgan fingerprint density at radius 3 is 2.29 bits per heavy atom. The van der Waals surface area contributed by atoms with Gasteiger partial charge in [0, 0.05) is 6.54 Å². The molecule has 2 aromatic carbocycles. The molecule has 8 nitrogen and oxygen atoms in total. The number of nitrogens with zero attached hydrogens (tertiary/aromatic N) is 1. The molecule has 2 unspecified atom stereocenters. The first-order valence-electron chi connectivity index (χ1n) is 9.89. The number of nitrogens with two attached hydrogens (primary N) is 1. The van der Waals surface area contributed by atoms with Gasteiger partial charge in [-0.3, -0.25) is 4.79 Å². The number of carbonyl (C=O) groups is 1. The van der Waals surface area contributed by atoms with E-state index in [1.807, 2.05) is 30.3 Å². The number of para-hydroxylation sites is 1. The lowest BCUT2D eigenvalue weighted by Crippen LogP contribution is -2.52. The van der Waals surface area contributed by atoms with Crippen LogP contribution in [0.3, 0.4) is 0 Å². The van der Waals surface area contributed by atoms with Gasteiger partial charge < -0.3 is 30.7 Å². The molecular weight excluding hydrogens is 398 g/mol. The average Bonchev–Trinajstić information content (AvgIpc) is 2.78. The number of aromatic nitrogens is 1. The van der Waals surface area contributed by atoms with Crippen LogP contribution in [-0.2, 0) is 5.60 Å². The van der Waals surface area contributed by atoms with Crippen molar-refractivity contribution in [3.63, 3.8) is 0 Å². The topological polar surface area (TPSA) is 127 Å². The molecule has 0 bridgehead atoms. The van der Waals surface area contributed by atoms with Crippen molar-refractivity contribution in [2.45, 2.75) is 18.1 Å². The van der Waals surface area contributed by atoms with Crippen LogP contribution in [0, 0.1) is 0 Å². The lowest BCUT2D eigenvalue weighted by Gasteiger charge is -2.36. The Kier molecular flexibility index (Phi) is 5.85. The van der Waals surface area contributed by atoms with Crippen molar-refractivity contribution in [1.29, 1.82) is 0 Å². The van der Waals surface area contributed by atoms with Gasteiger partial charge in [-0.1, -0.05) is 18.2 Å². The summed E-state index contributed by atoms with van der Waals surface area (Å²) in [4.78, 5) is 16.2. The van der Waals surface area contributed by atoms with E-state index in [1.54, 1.807) is 24.3 Å². The number of rotatable bonds is 6. The maximum atomic E-state index is 11.9. The van der Waals surface area contributed by atoms with Gasteiger partial charge in [0.05, 0.1) is 5.69 Å². The Labute approximate surface area is 179 Å². The van der Waals surface area contributed by atoms with E-state index in [4.69, 9.17) is 15.2 Å². The molecule has 31 heavy (non-hydrogen) atoms. The highest BCUT2D eigenvalue weighted by Gasteiger charge is 2.41. The molecule has 0 saturated carbocycles. The van der Waals surface area contributed by atoms with E-state index in [9.17, 15) is 15.0 Å². The molecule has 160 valence electrons. The van der Waals surface area contributed by atoms with Crippen molar-refractivity contribution in [2.75, 3.05) is 13.1 Å². The Morgan fingerprint density at radius 1 is 1.00 bits per heavy atom. The summed E-state index contributed by atoms with van der Waals surface area (Å²) >= 11 is 0. The number of amides is 1. The Hall–Kier alpha value is -3.46. The van der Waals surface area contributed by atoms with Crippen molar-refractivity contribution < 1.29 is 24.5 Å². The molecule has 0 radical (unpaired) electrons. The molecule has 8 heteroatoms. The standard InChI is InChI=1S/C23H23N3O5/c24-21(28)18-10-11-19(23(29)12-13-25-14-20(23)27)26-22(18)31-17-8-6-16(7-9-17)30-15-4-2-1-3-5-15/h1-11,20,25,27,29H,12-14H2,(H2,24,28). The third kappa shape index (κ3) is 4.51. The van der Waals surface area contributed by atoms with E-state index in [2.05, 4.69) is 10.3 Å². The Morgan fingerprint density at radius 2 is 1.65 bits per heavy atom. The van der Waals surface area contributed by atoms with Gasteiger partial charge in [0.15, 0.2) is 0 Å². The van der Waals surface area contributed by atoms with Gasteiger partial charge in [-0.25, -0.2) is 4.98 Å². The normalized spacial score (nSPS) is 20.8. The summed E-state index contributed by atoms with van der Waals surface area (Å²) < 4.78 is 11.6. The fourth-order valence-corrected chi connectivity index (χ4v) is 3.41. The number of aliphatic hydroxyl groups is 2. The molecule has 1 saturated heterocycles. The summed E-state index contributed by atoms with van der Waals surface area (Å²) in [5.41, 5.74) is 4.20. The first kappa shape index (κ1) is 20.8. The summed E-state index contributed by atoms with van der Waals surface area (Å²) in [6.07, 6.45) is -0.780. The number of nitrogens with one attached hydrogen (secondary N) is 1. The van der Waals surface area contributed by atoms with E-state index in [0.717, 1.165) is 0 Å². The fraction of sp³-hybridized carbons (Fsp3) is 0.217. The second-order valence-electron chi connectivity index (χ2n) is 7.30. The average molecular weight is 421 g/mol. The minimum absolute atomic E-state index is 0.0408. The quantitative estimate of drug-likeness (QED) is 0.481. The summed E-state index contributed by atoms with van der Waals surface area (Å²) in [5, 5.41) is 24.3. The lowest BCUT2D eigenvalue weighted by atomic mass is 9.86. The van der Waals surface area contributed by atoms with Crippen molar-refractivity contribution in [3.05, 3.63) is 78.0 Å². The molecule has 1 fully saturated rings. The molecular formula is C23H23N3O5. The predicted octanol–water partition coefficient (Wildman–Crippen LogP) is 2.31. The number of hydrogen-bond acceptors (Lipinski definition) is 7. The number of β-amino-alcohol motifs (C(OH)–C–C–N with tert-alkyl or cyclic N) is 1. The summed E-state index contributed by atoms with van der Waals surface area (Å²) in [5.74, 6) is 0.972. The minimum atomic E-state index is -1.55. The minimum Gasteiger partial charge on any atom is -0.457 e. The number of aliphatic hydroxyl groups excluding tert-OH is 1. The highest BCUT2D eigenvalue weighted by atomic mass is 16.5. The third-order valence-electron chi connectivity index (χ3n) is 5.16. The molecule has 0 aliphatic carbocycles. The van der Waals surface area contributed by atoms with Gasteiger partial charge >= 0.3 is 0 Å². The maximum absolute atomic E-state index is 11.9. The third-order valence-corrected chi connectivity index (χ3v) is 5.16. The SMILES string of the molecule is NC(=O)c1ccc(C2(O)CCNCC2O)nc1Oc1ccc(Oc2ccccc2)cc1.